The van der Waals surface area contributed by atoms with E-state index in [0.29, 0.717) is 24.1 Å². The van der Waals surface area contributed by atoms with Crippen LogP contribution in [0.5, 0.6) is 0 Å². The first-order valence-electron chi connectivity index (χ1n) is 6.82. The number of hydrogen-bond acceptors (Lipinski definition) is 2. The Balaban J connectivity index is 2.50. The zero-order valence-corrected chi connectivity index (χ0v) is 13.6. The number of aromatic nitrogens is 2. The van der Waals surface area contributed by atoms with Crippen LogP contribution >= 0.6 is 23.2 Å². The molecule has 0 unspecified atom stereocenters. The molecule has 5 heteroatoms. The molecule has 20 heavy (non-hydrogen) atoms. The van der Waals surface area contributed by atoms with Gasteiger partial charge in [0.15, 0.2) is 0 Å². The lowest BCUT2D eigenvalue weighted by atomic mass is 10.1. The van der Waals surface area contributed by atoms with Gasteiger partial charge in [-0.25, -0.2) is 4.98 Å². The molecule has 0 aliphatic rings. The Morgan fingerprint density at radius 3 is 2.75 bits per heavy atom. The Bertz CT molecular complexity index is 593. The third kappa shape index (κ3) is 3.27. The van der Waals surface area contributed by atoms with Crippen LogP contribution in [0, 0.1) is 0 Å². The molecule has 0 fully saturated rings. The van der Waals surface area contributed by atoms with Gasteiger partial charge in [-0.05, 0) is 32.9 Å². The first-order valence-corrected chi connectivity index (χ1v) is 7.73. The highest BCUT2D eigenvalue weighted by atomic mass is 35.5. The van der Waals surface area contributed by atoms with Gasteiger partial charge in [0.2, 0.25) is 0 Å². The van der Waals surface area contributed by atoms with Crippen LogP contribution in [0.1, 0.15) is 26.6 Å². The first kappa shape index (κ1) is 15.6. The highest BCUT2D eigenvalue weighted by Crippen LogP contribution is 2.27. The minimum absolute atomic E-state index is 0.275. The summed E-state index contributed by atoms with van der Waals surface area (Å²) in [6, 6.07) is 5.78. The molecule has 0 bridgehead atoms. The monoisotopic (exact) mass is 314 g/mol. The molecule has 0 aliphatic carbocycles. The number of imidazole rings is 1. The van der Waals surface area contributed by atoms with E-state index in [1.807, 2.05) is 25.1 Å². The lowest BCUT2D eigenvalue weighted by Gasteiger charge is -2.26. The maximum atomic E-state index is 6.35. The molecule has 0 N–H and O–H groups in total. The van der Waals surface area contributed by atoms with Gasteiger partial charge in [0.05, 0.1) is 28.2 Å². The van der Waals surface area contributed by atoms with Crippen LogP contribution in [-0.4, -0.2) is 27.6 Å². The third-order valence-electron chi connectivity index (χ3n) is 3.19. The molecular weight excluding hydrogens is 295 g/mol. The standard InChI is InChI=1S/C15H20Cl2N2O/c1-4-20-15(2,3)10-19-13(8-9-16)18-12-7-5-6-11(17)14(12)19/h5-7H,4,8-10H2,1-3H3. The Morgan fingerprint density at radius 2 is 2.10 bits per heavy atom. The van der Waals surface area contributed by atoms with E-state index >= 15 is 0 Å². The Hall–Kier alpha value is -0.770. The van der Waals surface area contributed by atoms with Crippen LogP contribution in [0.25, 0.3) is 11.0 Å². The first-order chi connectivity index (χ1) is 9.48. The van der Waals surface area contributed by atoms with Gasteiger partial charge in [-0.2, -0.15) is 0 Å². The lowest BCUT2D eigenvalue weighted by Crippen LogP contribution is -2.31. The highest BCUT2D eigenvalue weighted by Gasteiger charge is 2.23. The molecule has 0 atom stereocenters. The quantitative estimate of drug-likeness (QED) is 0.744. The number of alkyl halides is 1. The molecule has 0 spiro atoms. The van der Waals surface area contributed by atoms with Crippen molar-refractivity contribution in [2.24, 2.45) is 0 Å². The van der Waals surface area contributed by atoms with E-state index in [-0.39, 0.29) is 5.60 Å². The molecular formula is C15H20Cl2N2O. The largest absolute Gasteiger partial charge is 0.374 e. The molecule has 2 rings (SSSR count). The maximum Gasteiger partial charge on any atom is 0.111 e. The fourth-order valence-corrected chi connectivity index (χ4v) is 2.89. The fourth-order valence-electron chi connectivity index (χ4n) is 2.45. The summed E-state index contributed by atoms with van der Waals surface area (Å²) < 4.78 is 7.93. The second kappa shape index (κ2) is 6.33. The molecule has 0 saturated carbocycles. The molecule has 0 aliphatic heterocycles. The maximum absolute atomic E-state index is 6.35. The van der Waals surface area contributed by atoms with Crippen LogP contribution in [-0.2, 0) is 17.7 Å². The predicted molar refractivity (Wildman–Crippen MR) is 84.9 cm³/mol. The minimum atomic E-state index is -0.275. The van der Waals surface area contributed by atoms with Crippen LogP contribution in [0.15, 0.2) is 18.2 Å². The van der Waals surface area contributed by atoms with Crippen molar-refractivity contribution in [1.82, 2.24) is 9.55 Å². The van der Waals surface area contributed by atoms with E-state index in [4.69, 9.17) is 27.9 Å². The predicted octanol–water partition coefficient (Wildman–Crippen LogP) is 4.29. The van der Waals surface area contributed by atoms with Crippen molar-refractivity contribution >= 4 is 34.2 Å². The molecule has 0 amide bonds. The van der Waals surface area contributed by atoms with E-state index in [1.165, 1.54) is 0 Å². The number of hydrogen-bond donors (Lipinski definition) is 0. The number of ether oxygens (including phenoxy) is 1. The summed E-state index contributed by atoms with van der Waals surface area (Å²) in [5.41, 5.74) is 1.59. The second-order valence-corrected chi connectivity index (χ2v) is 6.14. The number of aryl methyl sites for hydroxylation is 1. The molecule has 2 aromatic rings. The molecule has 110 valence electrons. The van der Waals surface area contributed by atoms with Crippen molar-refractivity contribution in [3.63, 3.8) is 0 Å². The van der Waals surface area contributed by atoms with Gasteiger partial charge in [0.25, 0.3) is 0 Å². The van der Waals surface area contributed by atoms with Crippen molar-refractivity contribution in [1.29, 1.82) is 0 Å². The molecule has 3 nitrogen and oxygen atoms in total. The summed E-state index contributed by atoms with van der Waals surface area (Å²) in [6.45, 7) is 7.53. The van der Waals surface area contributed by atoms with Gasteiger partial charge in [-0.1, -0.05) is 17.7 Å². The van der Waals surface area contributed by atoms with Crippen molar-refractivity contribution in [3.8, 4) is 0 Å². The zero-order valence-electron chi connectivity index (χ0n) is 12.1. The molecule has 1 aromatic heterocycles. The normalized spacial score (nSPS) is 12.2. The lowest BCUT2D eigenvalue weighted by molar-refractivity contribution is -0.0221. The van der Waals surface area contributed by atoms with Crippen molar-refractivity contribution in [2.45, 2.75) is 39.3 Å². The number of para-hydroxylation sites is 1. The molecule has 0 saturated heterocycles. The van der Waals surface area contributed by atoms with Gasteiger partial charge >= 0.3 is 0 Å². The number of halogens is 2. The van der Waals surface area contributed by atoms with Crippen LogP contribution < -0.4 is 0 Å². The summed E-state index contributed by atoms with van der Waals surface area (Å²) in [5.74, 6) is 1.49. The summed E-state index contributed by atoms with van der Waals surface area (Å²) in [4.78, 5) is 4.65. The average molecular weight is 315 g/mol. The van der Waals surface area contributed by atoms with Crippen LogP contribution in [0.4, 0.5) is 0 Å². The third-order valence-corrected chi connectivity index (χ3v) is 3.68. The minimum Gasteiger partial charge on any atom is -0.374 e. The van der Waals surface area contributed by atoms with Gasteiger partial charge in [0, 0.05) is 18.9 Å². The topological polar surface area (TPSA) is 27.1 Å². The highest BCUT2D eigenvalue weighted by molar-refractivity contribution is 6.35. The van der Waals surface area contributed by atoms with E-state index in [2.05, 4.69) is 23.4 Å². The SMILES string of the molecule is CCOC(C)(C)Cn1c(CCCl)nc2cccc(Cl)c21. The summed E-state index contributed by atoms with van der Waals surface area (Å²) in [6.07, 6.45) is 0.717. The van der Waals surface area contributed by atoms with E-state index in [0.717, 1.165) is 23.3 Å². The average Bonchev–Trinajstić information content (AvgIpc) is 2.68. The fraction of sp³-hybridized carbons (Fsp3) is 0.533. The Labute approximate surface area is 129 Å². The summed E-state index contributed by atoms with van der Waals surface area (Å²) in [7, 11) is 0. The number of rotatable bonds is 6. The number of nitrogens with zero attached hydrogens (tertiary/aromatic N) is 2. The van der Waals surface area contributed by atoms with Gasteiger partial charge < -0.3 is 9.30 Å². The molecule has 1 aromatic carbocycles. The van der Waals surface area contributed by atoms with Crippen LogP contribution in [0.2, 0.25) is 5.02 Å². The van der Waals surface area contributed by atoms with Crippen molar-refractivity contribution < 1.29 is 4.74 Å². The Kier molecular flexibility index (Phi) is 4.95. The van der Waals surface area contributed by atoms with Gasteiger partial charge in [-0.15, -0.1) is 11.6 Å². The van der Waals surface area contributed by atoms with Gasteiger partial charge in [-0.3, -0.25) is 0 Å². The summed E-state index contributed by atoms with van der Waals surface area (Å²) >= 11 is 12.2. The summed E-state index contributed by atoms with van der Waals surface area (Å²) in [5, 5.41) is 0.711. The van der Waals surface area contributed by atoms with Crippen molar-refractivity contribution in [3.05, 3.63) is 29.0 Å². The molecule has 1 heterocycles. The van der Waals surface area contributed by atoms with Crippen LogP contribution in [0.3, 0.4) is 0 Å². The zero-order chi connectivity index (χ0) is 14.8. The second-order valence-electron chi connectivity index (χ2n) is 5.35. The van der Waals surface area contributed by atoms with Gasteiger partial charge in [0.1, 0.15) is 5.82 Å². The van der Waals surface area contributed by atoms with E-state index in [9.17, 15) is 0 Å². The van der Waals surface area contributed by atoms with Crippen molar-refractivity contribution in [2.75, 3.05) is 12.5 Å². The molecule has 0 radical (unpaired) electrons. The van der Waals surface area contributed by atoms with E-state index < -0.39 is 0 Å². The van der Waals surface area contributed by atoms with E-state index in [1.54, 1.807) is 0 Å². The number of fused-ring (bicyclic) bond motifs is 1. The Morgan fingerprint density at radius 1 is 1.35 bits per heavy atom. The number of benzene rings is 1. The smallest absolute Gasteiger partial charge is 0.111 e.